The Morgan fingerprint density at radius 3 is 2.70 bits per heavy atom. The number of hydrogen-bond acceptors (Lipinski definition) is 4. The quantitative estimate of drug-likeness (QED) is 0.852. The molecule has 4 heteroatoms. The van der Waals surface area contributed by atoms with E-state index in [0.717, 1.165) is 24.8 Å². The predicted molar refractivity (Wildman–Crippen MR) is 82.4 cm³/mol. The van der Waals surface area contributed by atoms with Crippen LogP contribution in [-0.4, -0.2) is 18.1 Å². The minimum absolute atomic E-state index is 0.333. The standard InChI is InChI=1S/C16H24N4/c1-16(2,3)12-5-4-9-20(10-8-12)15-7-6-13(18)14(11-17)19-15/h6-7,12H,4-5,8-10,18H2,1-3H3. The van der Waals surface area contributed by atoms with E-state index in [9.17, 15) is 0 Å². The van der Waals surface area contributed by atoms with Crippen LogP contribution in [0.1, 0.15) is 45.7 Å². The molecule has 0 radical (unpaired) electrons. The van der Waals surface area contributed by atoms with Gasteiger partial charge in [-0.2, -0.15) is 5.26 Å². The minimum atomic E-state index is 0.333. The van der Waals surface area contributed by atoms with Crippen molar-refractivity contribution in [1.82, 2.24) is 4.98 Å². The molecule has 1 aromatic rings. The third-order valence-corrected chi connectivity index (χ3v) is 4.29. The molecule has 0 aromatic carbocycles. The largest absolute Gasteiger partial charge is 0.396 e. The number of nitriles is 1. The van der Waals surface area contributed by atoms with Gasteiger partial charge in [-0.25, -0.2) is 4.98 Å². The molecule has 0 aliphatic carbocycles. The molecule has 2 heterocycles. The van der Waals surface area contributed by atoms with E-state index in [0.29, 0.717) is 16.8 Å². The van der Waals surface area contributed by atoms with Crippen LogP contribution in [0.15, 0.2) is 12.1 Å². The Labute approximate surface area is 121 Å². The highest BCUT2D eigenvalue weighted by molar-refractivity contribution is 5.55. The first-order valence-electron chi connectivity index (χ1n) is 7.33. The van der Waals surface area contributed by atoms with Gasteiger partial charge in [0.1, 0.15) is 11.9 Å². The third kappa shape index (κ3) is 3.22. The van der Waals surface area contributed by atoms with Gasteiger partial charge in [-0.15, -0.1) is 0 Å². The van der Waals surface area contributed by atoms with Crippen molar-refractivity contribution in [1.29, 1.82) is 5.26 Å². The second-order valence-electron chi connectivity index (χ2n) is 6.70. The van der Waals surface area contributed by atoms with Crippen LogP contribution in [0.4, 0.5) is 11.5 Å². The molecule has 2 rings (SSSR count). The maximum Gasteiger partial charge on any atom is 0.165 e. The van der Waals surface area contributed by atoms with E-state index in [1.165, 1.54) is 19.3 Å². The molecule has 1 atom stereocenters. The molecule has 1 fully saturated rings. The molecule has 0 saturated carbocycles. The van der Waals surface area contributed by atoms with Crippen LogP contribution in [0.3, 0.4) is 0 Å². The van der Waals surface area contributed by atoms with Gasteiger partial charge < -0.3 is 10.6 Å². The van der Waals surface area contributed by atoms with Gasteiger partial charge in [-0.05, 0) is 42.7 Å². The van der Waals surface area contributed by atoms with E-state index in [-0.39, 0.29) is 0 Å². The lowest BCUT2D eigenvalue weighted by Gasteiger charge is -2.30. The Morgan fingerprint density at radius 1 is 1.30 bits per heavy atom. The maximum absolute atomic E-state index is 9.03. The number of hydrogen-bond donors (Lipinski definition) is 1. The number of anilines is 2. The van der Waals surface area contributed by atoms with Crippen molar-refractivity contribution in [3.8, 4) is 6.07 Å². The average molecular weight is 272 g/mol. The smallest absolute Gasteiger partial charge is 0.165 e. The van der Waals surface area contributed by atoms with Gasteiger partial charge in [0, 0.05) is 13.1 Å². The Kier molecular flexibility index (Phi) is 4.17. The van der Waals surface area contributed by atoms with Gasteiger partial charge in [-0.1, -0.05) is 20.8 Å². The SMILES string of the molecule is CC(C)(C)C1CCCN(c2ccc(N)c(C#N)n2)CC1. The summed E-state index contributed by atoms with van der Waals surface area (Å²) in [5.74, 6) is 1.63. The van der Waals surface area contributed by atoms with Gasteiger partial charge in [0.15, 0.2) is 5.69 Å². The molecule has 0 bridgehead atoms. The molecular weight excluding hydrogens is 248 g/mol. The second kappa shape index (κ2) is 5.70. The van der Waals surface area contributed by atoms with Gasteiger partial charge in [0.25, 0.3) is 0 Å². The number of nitrogens with zero attached hydrogens (tertiary/aromatic N) is 3. The van der Waals surface area contributed by atoms with Crippen LogP contribution in [0.5, 0.6) is 0 Å². The van der Waals surface area contributed by atoms with E-state index < -0.39 is 0 Å². The van der Waals surface area contributed by atoms with E-state index >= 15 is 0 Å². The van der Waals surface area contributed by atoms with Crippen molar-refractivity contribution in [3.05, 3.63) is 17.8 Å². The summed E-state index contributed by atoms with van der Waals surface area (Å²) >= 11 is 0. The Hall–Kier alpha value is -1.76. The summed E-state index contributed by atoms with van der Waals surface area (Å²) in [5, 5.41) is 9.03. The van der Waals surface area contributed by atoms with Crippen LogP contribution in [-0.2, 0) is 0 Å². The van der Waals surface area contributed by atoms with Crippen LogP contribution in [0.25, 0.3) is 0 Å². The van der Waals surface area contributed by atoms with Gasteiger partial charge in [0.05, 0.1) is 5.69 Å². The highest BCUT2D eigenvalue weighted by atomic mass is 15.2. The van der Waals surface area contributed by atoms with Crippen LogP contribution >= 0.6 is 0 Å². The first-order valence-corrected chi connectivity index (χ1v) is 7.33. The highest BCUT2D eigenvalue weighted by Crippen LogP contribution is 2.35. The number of nitrogens with two attached hydrogens (primary N) is 1. The lowest BCUT2D eigenvalue weighted by molar-refractivity contribution is 0.220. The monoisotopic (exact) mass is 272 g/mol. The van der Waals surface area contributed by atoms with E-state index in [1.807, 2.05) is 6.07 Å². The molecule has 1 aromatic heterocycles. The summed E-state index contributed by atoms with van der Waals surface area (Å²) in [5.41, 5.74) is 6.89. The molecule has 1 aliphatic heterocycles. The van der Waals surface area contributed by atoms with Crippen molar-refractivity contribution in [3.63, 3.8) is 0 Å². The molecular formula is C16H24N4. The fourth-order valence-corrected chi connectivity index (χ4v) is 2.92. The molecule has 108 valence electrons. The van der Waals surface area contributed by atoms with Crippen molar-refractivity contribution in [2.24, 2.45) is 11.3 Å². The number of rotatable bonds is 1. The molecule has 2 N–H and O–H groups in total. The van der Waals surface area contributed by atoms with Crippen molar-refractivity contribution in [2.75, 3.05) is 23.7 Å². The molecule has 0 spiro atoms. The Bertz CT molecular complexity index is 510. The highest BCUT2D eigenvalue weighted by Gasteiger charge is 2.27. The fourth-order valence-electron chi connectivity index (χ4n) is 2.92. The summed E-state index contributed by atoms with van der Waals surface area (Å²) in [6, 6.07) is 5.77. The normalized spacial score (nSPS) is 20.3. The number of aromatic nitrogens is 1. The molecule has 20 heavy (non-hydrogen) atoms. The second-order valence-corrected chi connectivity index (χ2v) is 6.70. The summed E-state index contributed by atoms with van der Waals surface area (Å²) in [6.45, 7) is 8.98. The number of pyridine rings is 1. The maximum atomic E-state index is 9.03. The molecule has 1 unspecified atom stereocenters. The first-order chi connectivity index (χ1) is 9.41. The molecule has 4 nitrogen and oxygen atoms in total. The summed E-state index contributed by atoms with van der Waals surface area (Å²) in [4.78, 5) is 6.67. The minimum Gasteiger partial charge on any atom is -0.396 e. The lowest BCUT2D eigenvalue weighted by atomic mass is 9.77. The molecule has 1 saturated heterocycles. The third-order valence-electron chi connectivity index (χ3n) is 4.29. The Balaban J connectivity index is 2.13. The van der Waals surface area contributed by atoms with Crippen molar-refractivity contribution >= 4 is 11.5 Å². The van der Waals surface area contributed by atoms with Gasteiger partial charge in [0.2, 0.25) is 0 Å². The van der Waals surface area contributed by atoms with Crippen molar-refractivity contribution in [2.45, 2.75) is 40.0 Å². The number of nitrogen functional groups attached to an aromatic ring is 1. The van der Waals surface area contributed by atoms with Gasteiger partial charge in [-0.3, -0.25) is 0 Å². The lowest BCUT2D eigenvalue weighted by Crippen LogP contribution is -2.27. The zero-order chi connectivity index (χ0) is 14.8. The zero-order valence-corrected chi connectivity index (χ0v) is 12.7. The van der Waals surface area contributed by atoms with Crippen molar-refractivity contribution < 1.29 is 0 Å². The topological polar surface area (TPSA) is 65.9 Å². The summed E-state index contributed by atoms with van der Waals surface area (Å²) in [6.07, 6.45) is 3.62. The van der Waals surface area contributed by atoms with Crippen LogP contribution in [0.2, 0.25) is 0 Å². The zero-order valence-electron chi connectivity index (χ0n) is 12.7. The van der Waals surface area contributed by atoms with E-state index in [2.05, 4.69) is 36.7 Å². The summed E-state index contributed by atoms with van der Waals surface area (Å²) < 4.78 is 0. The summed E-state index contributed by atoms with van der Waals surface area (Å²) in [7, 11) is 0. The first kappa shape index (κ1) is 14.6. The predicted octanol–water partition coefficient (Wildman–Crippen LogP) is 3.19. The fraction of sp³-hybridized carbons (Fsp3) is 0.625. The van der Waals surface area contributed by atoms with Crippen LogP contribution in [0, 0.1) is 22.7 Å². The molecule has 0 amide bonds. The molecule has 1 aliphatic rings. The van der Waals surface area contributed by atoms with E-state index in [4.69, 9.17) is 11.0 Å². The van der Waals surface area contributed by atoms with E-state index in [1.54, 1.807) is 6.07 Å². The Morgan fingerprint density at radius 2 is 2.05 bits per heavy atom. The van der Waals surface area contributed by atoms with Crippen LogP contribution < -0.4 is 10.6 Å². The average Bonchev–Trinajstić information content (AvgIpc) is 2.64. The van der Waals surface area contributed by atoms with Gasteiger partial charge >= 0.3 is 0 Å².